The molecule has 0 aromatic rings. The van der Waals surface area contributed by atoms with Crippen LogP contribution in [0.1, 0.15) is 27.2 Å². The number of rotatable bonds is 2. The van der Waals surface area contributed by atoms with Crippen LogP contribution in [0.2, 0.25) is 0 Å². The number of nitrogens with zero attached hydrogens (tertiary/aromatic N) is 1. The normalized spacial score (nSPS) is 31.2. The van der Waals surface area contributed by atoms with Crippen molar-refractivity contribution in [2.45, 2.75) is 44.9 Å². The summed E-state index contributed by atoms with van der Waals surface area (Å²) in [6, 6.07) is 0.268. The molecular weight excluding hydrogens is 166 g/mol. The van der Waals surface area contributed by atoms with Crippen molar-refractivity contribution in [1.82, 2.24) is 4.90 Å². The summed E-state index contributed by atoms with van der Waals surface area (Å²) in [4.78, 5) is 2.32. The van der Waals surface area contributed by atoms with Gasteiger partial charge >= 0.3 is 0 Å². The molecule has 0 spiro atoms. The standard InChI is InChI=1S/C10H21NO2/c1-10(2,3)11-6-9(13-4)5-8(11)7-12/h8-9,12H,5-7H2,1-4H3. The van der Waals surface area contributed by atoms with Gasteiger partial charge < -0.3 is 9.84 Å². The Morgan fingerprint density at radius 1 is 1.46 bits per heavy atom. The van der Waals surface area contributed by atoms with E-state index in [0.717, 1.165) is 13.0 Å². The van der Waals surface area contributed by atoms with Crippen LogP contribution in [0.25, 0.3) is 0 Å². The zero-order valence-electron chi connectivity index (χ0n) is 9.08. The van der Waals surface area contributed by atoms with Crippen molar-refractivity contribution in [2.75, 3.05) is 20.3 Å². The van der Waals surface area contributed by atoms with E-state index in [1.165, 1.54) is 0 Å². The Morgan fingerprint density at radius 3 is 2.38 bits per heavy atom. The molecule has 1 saturated heterocycles. The van der Waals surface area contributed by atoms with Crippen molar-refractivity contribution < 1.29 is 9.84 Å². The maximum atomic E-state index is 9.22. The molecule has 0 aromatic heterocycles. The lowest BCUT2D eigenvalue weighted by molar-refractivity contribution is 0.0671. The minimum Gasteiger partial charge on any atom is -0.395 e. The molecule has 1 heterocycles. The number of likely N-dealkylation sites (tertiary alicyclic amines) is 1. The SMILES string of the molecule is COC1CC(CO)N(C(C)(C)C)C1. The first-order chi connectivity index (χ1) is 5.99. The highest BCUT2D eigenvalue weighted by atomic mass is 16.5. The molecule has 0 radical (unpaired) electrons. The highest BCUT2D eigenvalue weighted by Gasteiger charge is 2.37. The van der Waals surface area contributed by atoms with Gasteiger partial charge in [-0.05, 0) is 27.2 Å². The van der Waals surface area contributed by atoms with Gasteiger partial charge in [0.25, 0.3) is 0 Å². The minimum absolute atomic E-state index is 0.126. The summed E-state index contributed by atoms with van der Waals surface area (Å²) in [6.45, 7) is 7.69. The highest BCUT2D eigenvalue weighted by molar-refractivity contribution is 4.92. The van der Waals surface area contributed by atoms with Gasteiger partial charge in [0.1, 0.15) is 0 Å². The second-order valence-corrected chi connectivity index (χ2v) is 4.75. The Morgan fingerprint density at radius 2 is 2.08 bits per heavy atom. The summed E-state index contributed by atoms with van der Waals surface area (Å²) >= 11 is 0. The van der Waals surface area contributed by atoms with Gasteiger partial charge in [0.05, 0.1) is 12.7 Å². The van der Waals surface area contributed by atoms with E-state index in [4.69, 9.17) is 4.74 Å². The lowest BCUT2D eigenvalue weighted by atomic mass is 10.1. The Labute approximate surface area is 80.7 Å². The van der Waals surface area contributed by atoms with E-state index in [0.29, 0.717) is 0 Å². The third-order valence-corrected chi connectivity index (χ3v) is 2.78. The molecule has 1 N–H and O–H groups in total. The van der Waals surface area contributed by atoms with Gasteiger partial charge in [-0.25, -0.2) is 0 Å². The molecule has 1 fully saturated rings. The van der Waals surface area contributed by atoms with Crippen molar-refractivity contribution in [3.8, 4) is 0 Å². The Hall–Kier alpha value is -0.120. The van der Waals surface area contributed by atoms with Gasteiger partial charge in [0.2, 0.25) is 0 Å². The lowest BCUT2D eigenvalue weighted by Gasteiger charge is -2.36. The molecule has 0 aliphatic carbocycles. The van der Waals surface area contributed by atoms with Crippen LogP contribution in [0.15, 0.2) is 0 Å². The number of hydrogen-bond donors (Lipinski definition) is 1. The fourth-order valence-electron chi connectivity index (χ4n) is 2.04. The second-order valence-electron chi connectivity index (χ2n) is 4.75. The minimum atomic E-state index is 0.126. The van der Waals surface area contributed by atoms with Crippen molar-refractivity contribution in [2.24, 2.45) is 0 Å². The van der Waals surface area contributed by atoms with E-state index in [1.807, 2.05) is 0 Å². The first kappa shape index (κ1) is 11.0. The summed E-state index contributed by atoms with van der Waals surface area (Å²) < 4.78 is 5.32. The lowest BCUT2D eigenvalue weighted by Crippen LogP contribution is -2.46. The largest absolute Gasteiger partial charge is 0.395 e. The van der Waals surface area contributed by atoms with Gasteiger partial charge in [-0.15, -0.1) is 0 Å². The zero-order chi connectivity index (χ0) is 10.1. The molecule has 1 aliphatic heterocycles. The van der Waals surface area contributed by atoms with Crippen LogP contribution >= 0.6 is 0 Å². The molecule has 1 aliphatic rings. The van der Waals surface area contributed by atoms with Crippen molar-refractivity contribution >= 4 is 0 Å². The van der Waals surface area contributed by atoms with E-state index in [-0.39, 0.29) is 24.3 Å². The Kier molecular flexibility index (Phi) is 3.33. The average molecular weight is 187 g/mol. The van der Waals surface area contributed by atoms with E-state index < -0.39 is 0 Å². The van der Waals surface area contributed by atoms with E-state index in [2.05, 4.69) is 25.7 Å². The van der Waals surface area contributed by atoms with Crippen molar-refractivity contribution in [1.29, 1.82) is 0 Å². The second kappa shape index (κ2) is 3.95. The average Bonchev–Trinajstić information content (AvgIpc) is 2.46. The monoisotopic (exact) mass is 187 g/mol. The van der Waals surface area contributed by atoms with Gasteiger partial charge in [-0.1, -0.05) is 0 Å². The number of aliphatic hydroxyl groups excluding tert-OH is 1. The third-order valence-electron chi connectivity index (χ3n) is 2.78. The third kappa shape index (κ3) is 2.42. The molecule has 3 nitrogen and oxygen atoms in total. The molecule has 0 amide bonds. The molecule has 78 valence electrons. The van der Waals surface area contributed by atoms with Crippen LogP contribution in [-0.2, 0) is 4.74 Å². The van der Waals surface area contributed by atoms with E-state index in [9.17, 15) is 5.11 Å². The van der Waals surface area contributed by atoms with Gasteiger partial charge in [0.15, 0.2) is 0 Å². The van der Waals surface area contributed by atoms with Crippen LogP contribution in [0.4, 0.5) is 0 Å². The molecule has 2 unspecified atom stereocenters. The number of ether oxygens (including phenoxy) is 1. The zero-order valence-corrected chi connectivity index (χ0v) is 9.08. The molecular formula is C10H21NO2. The topological polar surface area (TPSA) is 32.7 Å². The quantitative estimate of drug-likeness (QED) is 0.696. The molecule has 3 heteroatoms. The number of aliphatic hydroxyl groups is 1. The number of hydrogen-bond acceptors (Lipinski definition) is 3. The molecule has 1 rings (SSSR count). The van der Waals surface area contributed by atoms with Crippen LogP contribution in [0, 0.1) is 0 Å². The molecule has 0 saturated carbocycles. The molecule has 13 heavy (non-hydrogen) atoms. The van der Waals surface area contributed by atoms with Gasteiger partial charge in [-0.3, -0.25) is 4.90 Å². The summed E-state index contributed by atoms with van der Waals surface area (Å²) in [7, 11) is 1.74. The predicted octanol–water partition coefficient (Wildman–Crippen LogP) is 0.866. The van der Waals surface area contributed by atoms with Gasteiger partial charge in [0, 0.05) is 25.2 Å². The molecule has 2 atom stereocenters. The Balaban J connectivity index is 2.63. The molecule has 0 bridgehead atoms. The summed E-state index contributed by atoms with van der Waals surface area (Å²) in [5.41, 5.74) is 0.126. The van der Waals surface area contributed by atoms with Crippen LogP contribution in [-0.4, -0.2) is 48.0 Å². The fraction of sp³-hybridized carbons (Fsp3) is 1.00. The Bertz CT molecular complexity index is 165. The van der Waals surface area contributed by atoms with Crippen LogP contribution in [0.3, 0.4) is 0 Å². The summed E-state index contributed by atoms with van der Waals surface area (Å²) in [6.07, 6.45) is 1.24. The van der Waals surface area contributed by atoms with Crippen LogP contribution in [0.5, 0.6) is 0 Å². The fourth-order valence-corrected chi connectivity index (χ4v) is 2.04. The van der Waals surface area contributed by atoms with Crippen LogP contribution < -0.4 is 0 Å². The van der Waals surface area contributed by atoms with E-state index >= 15 is 0 Å². The van der Waals surface area contributed by atoms with Gasteiger partial charge in [-0.2, -0.15) is 0 Å². The van der Waals surface area contributed by atoms with Crippen molar-refractivity contribution in [3.05, 3.63) is 0 Å². The van der Waals surface area contributed by atoms with E-state index in [1.54, 1.807) is 7.11 Å². The maximum absolute atomic E-state index is 9.22. The predicted molar refractivity (Wildman–Crippen MR) is 52.7 cm³/mol. The molecule has 0 aromatic carbocycles. The summed E-state index contributed by atoms with van der Waals surface area (Å²) in [5.74, 6) is 0. The number of methoxy groups -OCH3 is 1. The smallest absolute Gasteiger partial charge is 0.0714 e. The first-order valence-electron chi connectivity index (χ1n) is 4.89. The highest BCUT2D eigenvalue weighted by Crippen LogP contribution is 2.27. The summed E-state index contributed by atoms with van der Waals surface area (Å²) in [5, 5.41) is 9.22. The van der Waals surface area contributed by atoms with Crippen molar-refractivity contribution in [3.63, 3.8) is 0 Å². The maximum Gasteiger partial charge on any atom is 0.0714 e. The first-order valence-corrected chi connectivity index (χ1v) is 4.89.